The summed E-state index contributed by atoms with van der Waals surface area (Å²) in [5.41, 5.74) is 0.513. The molecule has 0 amide bonds. The van der Waals surface area contributed by atoms with Gasteiger partial charge in [-0.05, 0) is 36.2 Å². The molecular weight excluding hydrogens is 302 g/mol. The van der Waals surface area contributed by atoms with Gasteiger partial charge in [-0.3, -0.25) is 10.1 Å². The minimum Gasteiger partial charge on any atom is -0.379 e. The monoisotopic (exact) mass is 312 g/mol. The average Bonchev–Trinajstić information content (AvgIpc) is 2.37. The largest absolute Gasteiger partial charge is 0.379 e. The van der Waals surface area contributed by atoms with E-state index in [1.807, 2.05) is 0 Å². The Labute approximate surface area is 124 Å². The van der Waals surface area contributed by atoms with Crippen LogP contribution >= 0.6 is 11.6 Å². The van der Waals surface area contributed by atoms with Gasteiger partial charge in [0.05, 0.1) is 4.92 Å². The molecule has 110 valence electrons. The van der Waals surface area contributed by atoms with Crippen molar-refractivity contribution < 1.29 is 13.7 Å². The number of nitro benzene ring substituents is 1. The molecule has 0 fully saturated rings. The molecule has 0 aliphatic rings. The van der Waals surface area contributed by atoms with Gasteiger partial charge in [0.15, 0.2) is 0 Å². The molecule has 0 unspecified atom stereocenters. The van der Waals surface area contributed by atoms with Crippen molar-refractivity contribution in [3.63, 3.8) is 0 Å². The van der Waals surface area contributed by atoms with Crippen molar-refractivity contribution in [1.29, 1.82) is 0 Å². The van der Waals surface area contributed by atoms with E-state index in [0.717, 1.165) is 6.07 Å². The number of halogens is 3. The molecule has 7 heteroatoms. The van der Waals surface area contributed by atoms with E-state index >= 15 is 0 Å². The molecule has 0 spiro atoms. The minimum atomic E-state index is -0.654. The lowest BCUT2D eigenvalue weighted by molar-refractivity contribution is -0.383. The molecule has 0 aromatic heterocycles. The number of hydrogen-bond acceptors (Lipinski definition) is 3. The van der Waals surface area contributed by atoms with Crippen molar-refractivity contribution in [3.05, 3.63) is 68.7 Å². The number of nitrogens with zero attached hydrogens (tertiary/aromatic N) is 1. The van der Waals surface area contributed by atoms with Crippen LogP contribution in [0.25, 0.3) is 0 Å². The molecule has 4 nitrogen and oxygen atoms in total. The Morgan fingerprint density at radius 1 is 1.19 bits per heavy atom. The van der Waals surface area contributed by atoms with Crippen LogP contribution in [0.3, 0.4) is 0 Å². The van der Waals surface area contributed by atoms with Gasteiger partial charge in [0.1, 0.15) is 22.3 Å². The van der Waals surface area contributed by atoms with Gasteiger partial charge in [-0.1, -0.05) is 17.7 Å². The molecule has 0 saturated heterocycles. The Morgan fingerprint density at radius 2 is 1.86 bits per heavy atom. The van der Waals surface area contributed by atoms with E-state index in [9.17, 15) is 18.9 Å². The van der Waals surface area contributed by atoms with Crippen molar-refractivity contribution in [1.82, 2.24) is 0 Å². The highest BCUT2D eigenvalue weighted by atomic mass is 35.5. The zero-order valence-corrected chi connectivity index (χ0v) is 11.5. The summed E-state index contributed by atoms with van der Waals surface area (Å²) in [6, 6.07) is 7.76. The number of nitrogens with one attached hydrogen (secondary N) is 1. The fourth-order valence-corrected chi connectivity index (χ4v) is 2.18. The number of hydrogen-bond donors (Lipinski definition) is 1. The third-order valence-electron chi connectivity index (χ3n) is 2.82. The molecule has 0 saturated carbocycles. The van der Waals surface area contributed by atoms with E-state index in [2.05, 4.69) is 5.32 Å². The first-order chi connectivity index (χ1) is 9.97. The van der Waals surface area contributed by atoms with Crippen LogP contribution in [-0.4, -0.2) is 11.5 Å². The van der Waals surface area contributed by atoms with Gasteiger partial charge < -0.3 is 5.32 Å². The Hall–Kier alpha value is -2.21. The standard InChI is InChI=1S/C14H11ClF2N2O2/c15-12-2-1-3-13(14(12)19(20)21)18-5-4-9-6-10(16)8-11(17)7-9/h1-3,6-8,18H,4-5H2. The second kappa shape index (κ2) is 6.49. The summed E-state index contributed by atoms with van der Waals surface area (Å²) < 4.78 is 26.1. The normalized spacial score (nSPS) is 10.4. The lowest BCUT2D eigenvalue weighted by atomic mass is 10.1. The summed E-state index contributed by atoms with van der Waals surface area (Å²) in [4.78, 5) is 10.4. The number of anilines is 1. The highest BCUT2D eigenvalue weighted by molar-refractivity contribution is 6.33. The molecule has 21 heavy (non-hydrogen) atoms. The molecule has 2 rings (SSSR count). The van der Waals surface area contributed by atoms with Crippen molar-refractivity contribution in [3.8, 4) is 0 Å². The molecule has 0 aliphatic heterocycles. The molecule has 0 radical (unpaired) electrons. The van der Waals surface area contributed by atoms with Crippen molar-refractivity contribution in [2.45, 2.75) is 6.42 Å². The third kappa shape index (κ3) is 3.88. The molecule has 2 aromatic carbocycles. The van der Waals surface area contributed by atoms with E-state index in [1.54, 1.807) is 6.07 Å². The molecule has 0 bridgehead atoms. The van der Waals surface area contributed by atoms with Crippen LogP contribution in [0.4, 0.5) is 20.2 Å². The molecule has 0 aliphatic carbocycles. The Kier molecular flexibility index (Phi) is 4.70. The second-order valence-electron chi connectivity index (χ2n) is 4.35. The molecule has 2 aromatic rings. The quantitative estimate of drug-likeness (QED) is 0.665. The summed E-state index contributed by atoms with van der Waals surface area (Å²) >= 11 is 5.78. The molecule has 1 N–H and O–H groups in total. The number of para-hydroxylation sites is 1. The first-order valence-electron chi connectivity index (χ1n) is 6.09. The lowest BCUT2D eigenvalue weighted by Gasteiger charge is -2.08. The van der Waals surface area contributed by atoms with E-state index in [4.69, 9.17) is 11.6 Å². The Bertz CT molecular complexity index is 660. The van der Waals surface area contributed by atoms with Crippen molar-refractivity contribution in [2.75, 3.05) is 11.9 Å². The van der Waals surface area contributed by atoms with Gasteiger partial charge in [-0.25, -0.2) is 8.78 Å². The average molecular weight is 313 g/mol. The smallest absolute Gasteiger partial charge is 0.310 e. The summed E-state index contributed by atoms with van der Waals surface area (Å²) in [6.07, 6.45) is 0.318. The van der Waals surface area contributed by atoms with Crippen molar-refractivity contribution >= 4 is 23.0 Å². The fourth-order valence-electron chi connectivity index (χ4n) is 1.94. The van der Waals surface area contributed by atoms with Gasteiger partial charge in [-0.2, -0.15) is 0 Å². The van der Waals surface area contributed by atoms with E-state index in [-0.39, 0.29) is 22.9 Å². The van der Waals surface area contributed by atoms with E-state index in [0.29, 0.717) is 12.0 Å². The number of benzene rings is 2. The summed E-state index contributed by atoms with van der Waals surface area (Å²) in [7, 11) is 0. The Morgan fingerprint density at radius 3 is 2.48 bits per heavy atom. The minimum absolute atomic E-state index is 0.0294. The second-order valence-corrected chi connectivity index (χ2v) is 4.75. The lowest BCUT2D eigenvalue weighted by Crippen LogP contribution is -2.07. The van der Waals surface area contributed by atoms with Crippen LogP contribution in [0.1, 0.15) is 5.56 Å². The predicted molar refractivity (Wildman–Crippen MR) is 76.7 cm³/mol. The number of nitro groups is 1. The van der Waals surface area contributed by atoms with Crippen LogP contribution in [0, 0.1) is 21.7 Å². The van der Waals surface area contributed by atoms with Gasteiger partial charge in [0.2, 0.25) is 0 Å². The first-order valence-corrected chi connectivity index (χ1v) is 6.47. The van der Waals surface area contributed by atoms with Gasteiger partial charge >= 0.3 is 5.69 Å². The first kappa shape index (κ1) is 15.2. The maximum absolute atomic E-state index is 13.0. The highest BCUT2D eigenvalue weighted by Gasteiger charge is 2.17. The van der Waals surface area contributed by atoms with Crippen LogP contribution in [0.5, 0.6) is 0 Å². The topological polar surface area (TPSA) is 55.2 Å². The van der Waals surface area contributed by atoms with Crippen LogP contribution in [-0.2, 0) is 6.42 Å². The Balaban J connectivity index is 2.07. The van der Waals surface area contributed by atoms with Crippen molar-refractivity contribution in [2.24, 2.45) is 0 Å². The van der Waals surface area contributed by atoms with Crippen LogP contribution in [0.15, 0.2) is 36.4 Å². The summed E-state index contributed by atoms with van der Waals surface area (Å²) in [5.74, 6) is -1.31. The van der Waals surface area contributed by atoms with Gasteiger partial charge in [-0.15, -0.1) is 0 Å². The zero-order chi connectivity index (χ0) is 15.4. The third-order valence-corrected chi connectivity index (χ3v) is 3.13. The van der Waals surface area contributed by atoms with Gasteiger partial charge in [0, 0.05) is 12.6 Å². The SMILES string of the molecule is O=[N+]([O-])c1c(Cl)cccc1NCCc1cc(F)cc(F)c1. The summed E-state index contributed by atoms with van der Waals surface area (Å²) in [5, 5.41) is 13.8. The van der Waals surface area contributed by atoms with E-state index < -0.39 is 16.6 Å². The molecular formula is C14H11ClF2N2O2. The maximum atomic E-state index is 13.0. The number of rotatable bonds is 5. The fraction of sp³-hybridized carbons (Fsp3) is 0.143. The zero-order valence-electron chi connectivity index (χ0n) is 10.8. The van der Waals surface area contributed by atoms with Crippen LogP contribution in [0.2, 0.25) is 5.02 Å². The van der Waals surface area contributed by atoms with Crippen LogP contribution < -0.4 is 5.32 Å². The highest BCUT2D eigenvalue weighted by Crippen LogP contribution is 2.32. The summed E-state index contributed by atoms with van der Waals surface area (Å²) in [6.45, 7) is 0.282. The predicted octanol–water partition coefficient (Wildman–Crippen LogP) is 4.18. The maximum Gasteiger partial charge on any atom is 0.310 e. The molecule has 0 atom stereocenters. The molecule has 0 heterocycles. The van der Waals surface area contributed by atoms with E-state index in [1.165, 1.54) is 24.3 Å². The van der Waals surface area contributed by atoms with Gasteiger partial charge in [0.25, 0.3) is 0 Å².